The summed E-state index contributed by atoms with van der Waals surface area (Å²) in [5.74, 6) is 0.852. The number of likely N-dealkylation sites (tertiary alicyclic amines) is 1. The van der Waals surface area contributed by atoms with Crippen LogP contribution in [0, 0.1) is 11.8 Å². The van der Waals surface area contributed by atoms with E-state index in [-0.39, 0.29) is 6.04 Å². The number of carboxylic acid groups (broad SMARTS) is 1. The standard InChI is InChI=1S/C12H23NO2/c1-4-11(12(14)15)13-7-5-10(6-8-13)9(2)3/h9-11H,4-8H2,1-3H3,(H,14,15). The van der Waals surface area contributed by atoms with Gasteiger partial charge in [0, 0.05) is 0 Å². The molecule has 1 fully saturated rings. The molecule has 3 nitrogen and oxygen atoms in total. The lowest BCUT2D eigenvalue weighted by Gasteiger charge is -2.36. The molecule has 0 aromatic heterocycles. The largest absolute Gasteiger partial charge is 0.480 e. The Labute approximate surface area is 92.5 Å². The van der Waals surface area contributed by atoms with Crippen molar-refractivity contribution < 1.29 is 9.90 Å². The van der Waals surface area contributed by atoms with E-state index in [0.29, 0.717) is 6.42 Å². The molecule has 15 heavy (non-hydrogen) atoms. The smallest absolute Gasteiger partial charge is 0.320 e. The van der Waals surface area contributed by atoms with E-state index >= 15 is 0 Å². The highest BCUT2D eigenvalue weighted by molar-refractivity contribution is 5.73. The van der Waals surface area contributed by atoms with Gasteiger partial charge in [-0.3, -0.25) is 9.69 Å². The number of piperidine rings is 1. The molecule has 1 rings (SSSR count). The predicted molar refractivity (Wildman–Crippen MR) is 60.8 cm³/mol. The van der Waals surface area contributed by atoms with Crippen LogP contribution in [0.2, 0.25) is 0 Å². The van der Waals surface area contributed by atoms with Crippen molar-refractivity contribution in [3.63, 3.8) is 0 Å². The van der Waals surface area contributed by atoms with Crippen molar-refractivity contribution in [2.45, 2.75) is 46.1 Å². The minimum absolute atomic E-state index is 0.266. The lowest BCUT2D eigenvalue weighted by molar-refractivity contribution is -0.144. The van der Waals surface area contributed by atoms with Gasteiger partial charge in [0.2, 0.25) is 0 Å². The summed E-state index contributed by atoms with van der Waals surface area (Å²) in [5, 5.41) is 9.06. The van der Waals surface area contributed by atoms with Crippen molar-refractivity contribution in [3.8, 4) is 0 Å². The van der Waals surface area contributed by atoms with E-state index in [9.17, 15) is 4.79 Å². The fourth-order valence-electron chi connectivity index (χ4n) is 2.49. The summed E-state index contributed by atoms with van der Waals surface area (Å²) in [5.41, 5.74) is 0. The third-order valence-corrected chi connectivity index (χ3v) is 3.63. The molecule has 1 heterocycles. The van der Waals surface area contributed by atoms with E-state index in [2.05, 4.69) is 18.7 Å². The molecule has 0 aliphatic carbocycles. The molecule has 3 heteroatoms. The maximum Gasteiger partial charge on any atom is 0.320 e. The van der Waals surface area contributed by atoms with Crippen LogP contribution in [-0.2, 0) is 4.79 Å². The maximum absolute atomic E-state index is 11.0. The monoisotopic (exact) mass is 213 g/mol. The highest BCUT2D eigenvalue weighted by atomic mass is 16.4. The van der Waals surface area contributed by atoms with Crippen LogP contribution in [-0.4, -0.2) is 35.1 Å². The Hall–Kier alpha value is -0.570. The van der Waals surface area contributed by atoms with Gasteiger partial charge in [0.25, 0.3) is 0 Å². The fourth-order valence-corrected chi connectivity index (χ4v) is 2.49. The summed E-state index contributed by atoms with van der Waals surface area (Å²) < 4.78 is 0. The Morgan fingerprint density at radius 3 is 2.27 bits per heavy atom. The molecule has 1 unspecified atom stereocenters. The second kappa shape index (κ2) is 5.50. The number of hydrogen-bond acceptors (Lipinski definition) is 2. The summed E-state index contributed by atoms with van der Waals surface area (Å²) in [6.07, 6.45) is 3.02. The Balaban J connectivity index is 2.45. The van der Waals surface area contributed by atoms with Gasteiger partial charge in [-0.05, 0) is 44.2 Å². The summed E-state index contributed by atoms with van der Waals surface area (Å²) >= 11 is 0. The Morgan fingerprint density at radius 2 is 1.93 bits per heavy atom. The van der Waals surface area contributed by atoms with Crippen molar-refractivity contribution in [2.24, 2.45) is 11.8 Å². The van der Waals surface area contributed by atoms with E-state index in [1.54, 1.807) is 0 Å². The molecule has 1 aliphatic rings. The van der Waals surface area contributed by atoms with Gasteiger partial charge < -0.3 is 5.11 Å². The van der Waals surface area contributed by atoms with Gasteiger partial charge >= 0.3 is 5.97 Å². The van der Waals surface area contributed by atoms with Crippen LogP contribution in [0.5, 0.6) is 0 Å². The highest BCUT2D eigenvalue weighted by Gasteiger charge is 2.28. The maximum atomic E-state index is 11.0. The van der Waals surface area contributed by atoms with Gasteiger partial charge in [0.05, 0.1) is 0 Å². The zero-order chi connectivity index (χ0) is 11.4. The van der Waals surface area contributed by atoms with Gasteiger partial charge in [-0.15, -0.1) is 0 Å². The first-order chi connectivity index (χ1) is 7.06. The Bertz CT molecular complexity index is 208. The predicted octanol–water partition coefficient (Wildman–Crippen LogP) is 2.22. The van der Waals surface area contributed by atoms with Gasteiger partial charge in [0.15, 0.2) is 0 Å². The van der Waals surface area contributed by atoms with Crippen molar-refractivity contribution in [1.82, 2.24) is 4.90 Å². The van der Waals surface area contributed by atoms with Crippen molar-refractivity contribution in [3.05, 3.63) is 0 Å². The topological polar surface area (TPSA) is 40.5 Å². The second-order valence-electron chi connectivity index (χ2n) is 4.88. The van der Waals surface area contributed by atoms with E-state index < -0.39 is 5.97 Å². The molecule has 0 radical (unpaired) electrons. The third kappa shape index (κ3) is 3.20. The summed E-state index contributed by atoms with van der Waals surface area (Å²) in [7, 11) is 0. The Kier molecular flexibility index (Phi) is 4.58. The van der Waals surface area contributed by atoms with Gasteiger partial charge in [-0.1, -0.05) is 20.8 Å². The first kappa shape index (κ1) is 12.5. The average Bonchev–Trinajstić information content (AvgIpc) is 2.19. The summed E-state index contributed by atoms with van der Waals surface area (Å²) in [6.45, 7) is 8.37. The van der Waals surface area contributed by atoms with Crippen LogP contribution in [0.15, 0.2) is 0 Å². The molecule has 1 aliphatic heterocycles. The molecule has 1 N–H and O–H groups in total. The molecule has 0 aromatic rings. The van der Waals surface area contributed by atoms with Gasteiger partial charge in [-0.2, -0.15) is 0 Å². The van der Waals surface area contributed by atoms with Crippen LogP contribution >= 0.6 is 0 Å². The number of nitrogens with zero attached hydrogens (tertiary/aromatic N) is 1. The van der Waals surface area contributed by atoms with Crippen LogP contribution in [0.25, 0.3) is 0 Å². The number of rotatable bonds is 4. The van der Waals surface area contributed by atoms with Crippen molar-refractivity contribution in [2.75, 3.05) is 13.1 Å². The SMILES string of the molecule is CCC(C(=O)O)N1CCC(C(C)C)CC1. The first-order valence-electron chi connectivity index (χ1n) is 6.03. The number of carboxylic acids is 1. The molecule has 0 aromatic carbocycles. The van der Waals surface area contributed by atoms with Crippen LogP contribution in [0.4, 0.5) is 0 Å². The summed E-state index contributed by atoms with van der Waals surface area (Å²) in [6, 6.07) is -0.266. The van der Waals surface area contributed by atoms with E-state index in [4.69, 9.17) is 5.11 Å². The van der Waals surface area contributed by atoms with Crippen molar-refractivity contribution >= 4 is 5.97 Å². The lowest BCUT2D eigenvalue weighted by Crippen LogP contribution is -2.45. The highest BCUT2D eigenvalue weighted by Crippen LogP contribution is 2.25. The van der Waals surface area contributed by atoms with Crippen LogP contribution < -0.4 is 0 Å². The zero-order valence-electron chi connectivity index (χ0n) is 10.1. The number of aliphatic carboxylic acids is 1. The van der Waals surface area contributed by atoms with E-state index in [0.717, 1.165) is 37.8 Å². The molecule has 1 atom stereocenters. The molecule has 0 spiro atoms. The molecule has 88 valence electrons. The Morgan fingerprint density at radius 1 is 1.40 bits per heavy atom. The lowest BCUT2D eigenvalue weighted by atomic mass is 9.86. The first-order valence-corrected chi connectivity index (χ1v) is 6.03. The molecule has 0 bridgehead atoms. The molecule has 0 amide bonds. The van der Waals surface area contributed by atoms with Crippen LogP contribution in [0.1, 0.15) is 40.0 Å². The minimum Gasteiger partial charge on any atom is -0.480 e. The van der Waals surface area contributed by atoms with Crippen molar-refractivity contribution in [1.29, 1.82) is 0 Å². The third-order valence-electron chi connectivity index (χ3n) is 3.63. The average molecular weight is 213 g/mol. The summed E-state index contributed by atoms with van der Waals surface area (Å²) in [4.78, 5) is 13.1. The molecule has 1 saturated heterocycles. The molecule has 0 saturated carbocycles. The number of carbonyl (C=O) groups is 1. The van der Waals surface area contributed by atoms with Gasteiger partial charge in [-0.25, -0.2) is 0 Å². The van der Waals surface area contributed by atoms with E-state index in [1.165, 1.54) is 0 Å². The molecular weight excluding hydrogens is 190 g/mol. The minimum atomic E-state index is -0.666. The van der Waals surface area contributed by atoms with Crippen LogP contribution in [0.3, 0.4) is 0 Å². The quantitative estimate of drug-likeness (QED) is 0.778. The van der Waals surface area contributed by atoms with E-state index in [1.807, 2.05) is 6.92 Å². The number of hydrogen-bond donors (Lipinski definition) is 1. The second-order valence-corrected chi connectivity index (χ2v) is 4.88. The normalized spacial score (nSPS) is 21.9. The van der Waals surface area contributed by atoms with Gasteiger partial charge in [0.1, 0.15) is 6.04 Å². The fraction of sp³-hybridized carbons (Fsp3) is 0.917. The zero-order valence-corrected chi connectivity index (χ0v) is 10.1. The molecular formula is C12H23NO2.